The number of hydrogen-bond donors (Lipinski definition) is 2. The van der Waals surface area contributed by atoms with E-state index in [1.165, 1.54) is 11.8 Å². The topological polar surface area (TPSA) is 107 Å². The van der Waals surface area contributed by atoms with E-state index in [4.69, 9.17) is 18.9 Å². The number of aliphatic hydroxyl groups is 1. The summed E-state index contributed by atoms with van der Waals surface area (Å²) < 4.78 is 20.1. The molecule has 7 aromatic rings. The van der Waals surface area contributed by atoms with Crippen molar-refractivity contribution in [2.45, 2.75) is 43.8 Å². The highest BCUT2D eigenvalue weighted by atomic mass is 32.2. The average molecular weight is 760 g/mol. The van der Waals surface area contributed by atoms with Crippen LogP contribution in [0.2, 0.25) is 0 Å². The second-order valence-corrected chi connectivity index (χ2v) is 14.7. The van der Waals surface area contributed by atoms with Gasteiger partial charge in [-0.3, -0.25) is 9.78 Å². The van der Waals surface area contributed by atoms with Gasteiger partial charge in [-0.15, -0.1) is 0 Å². The van der Waals surface area contributed by atoms with Crippen molar-refractivity contribution >= 4 is 17.7 Å². The van der Waals surface area contributed by atoms with Crippen LogP contribution in [0.5, 0.6) is 0 Å². The van der Waals surface area contributed by atoms with Crippen molar-refractivity contribution in [3.05, 3.63) is 186 Å². The SMILES string of the molecule is CC1C(CSc2nc(-c3ccccc3)c(-c3ccccc3)o2)OC(c2cccc(-c3cccc(CNC(=O)c4cccnc4)c3)c2)OC1c1ccc(CO)cc1. The molecule has 4 unspecified atom stereocenters. The van der Waals surface area contributed by atoms with Gasteiger partial charge in [0.1, 0.15) is 5.69 Å². The molecular formula is C47H41N3O5S. The standard InChI is InChI=1S/C47H41N3O5S/c1-31-41(30-56-47-50-42(34-12-4-2-5-13-34)44(55-47)35-14-6-3-7-15-35)53-46(54-43(31)36-22-20-32(29-51)21-23-36)39-18-9-17-38(26-39)37-16-8-11-33(25-37)27-49-45(52)40-19-10-24-48-28-40/h2-26,28,31,41,43,46,51H,27,29-30H2,1H3,(H,49,52). The minimum Gasteiger partial charge on any atom is -0.431 e. The summed E-state index contributed by atoms with van der Waals surface area (Å²) >= 11 is 1.54. The summed E-state index contributed by atoms with van der Waals surface area (Å²) in [5.74, 6) is 1.13. The van der Waals surface area contributed by atoms with Gasteiger partial charge < -0.3 is 24.3 Å². The molecule has 4 atom stereocenters. The normalized spacial score (nSPS) is 18.0. The van der Waals surface area contributed by atoms with E-state index < -0.39 is 6.29 Å². The van der Waals surface area contributed by atoms with Crippen LogP contribution in [0, 0.1) is 5.92 Å². The first kappa shape index (κ1) is 37.1. The molecule has 1 aliphatic heterocycles. The molecule has 8 nitrogen and oxygen atoms in total. The molecule has 0 aliphatic carbocycles. The highest BCUT2D eigenvalue weighted by Crippen LogP contribution is 2.44. The van der Waals surface area contributed by atoms with Gasteiger partial charge in [-0.25, -0.2) is 4.98 Å². The number of hydrogen-bond acceptors (Lipinski definition) is 8. The predicted octanol–water partition coefficient (Wildman–Crippen LogP) is 10.1. The third-order valence-electron chi connectivity index (χ3n) is 9.98. The van der Waals surface area contributed by atoms with Crippen molar-refractivity contribution < 1.29 is 23.8 Å². The van der Waals surface area contributed by atoms with Crippen molar-refractivity contribution in [3.63, 3.8) is 0 Å². The van der Waals surface area contributed by atoms with Crippen LogP contribution in [0.1, 0.15) is 51.9 Å². The molecule has 0 bridgehead atoms. The Morgan fingerprint density at radius 2 is 1.45 bits per heavy atom. The Labute approximate surface area is 330 Å². The van der Waals surface area contributed by atoms with Gasteiger partial charge >= 0.3 is 0 Å². The first-order valence-electron chi connectivity index (χ1n) is 18.6. The van der Waals surface area contributed by atoms with Crippen LogP contribution in [0.25, 0.3) is 33.7 Å². The van der Waals surface area contributed by atoms with Gasteiger partial charge in [-0.1, -0.05) is 140 Å². The monoisotopic (exact) mass is 759 g/mol. The van der Waals surface area contributed by atoms with Gasteiger partial charge in [0.15, 0.2) is 12.1 Å². The second-order valence-electron chi connectivity index (χ2n) is 13.8. The van der Waals surface area contributed by atoms with E-state index in [-0.39, 0.29) is 30.6 Å². The maximum atomic E-state index is 12.7. The van der Waals surface area contributed by atoms with Crippen LogP contribution in [0.15, 0.2) is 168 Å². The minimum atomic E-state index is -0.648. The third kappa shape index (κ3) is 8.51. The maximum absolute atomic E-state index is 12.7. The number of nitrogens with zero attached hydrogens (tertiary/aromatic N) is 2. The smallest absolute Gasteiger partial charge is 0.256 e. The summed E-state index contributed by atoms with van der Waals surface area (Å²) in [6, 6.07) is 48.0. The Bertz CT molecular complexity index is 2310. The Kier molecular flexibility index (Phi) is 11.5. The Hall–Kier alpha value is -5.84. The Morgan fingerprint density at radius 1 is 0.732 bits per heavy atom. The molecule has 2 aromatic heterocycles. The highest BCUT2D eigenvalue weighted by molar-refractivity contribution is 7.99. The summed E-state index contributed by atoms with van der Waals surface area (Å²) in [6.07, 6.45) is 2.07. The number of nitrogens with one attached hydrogen (secondary N) is 1. The number of amides is 1. The molecule has 1 saturated heterocycles. The number of rotatable bonds is 12. The molecule has 280 valence electrons. The van der Waals surface area contributed by atoms with E-state index in [1.807, 2.05) is 109 Å². The van der Waals surface area contributed by atoms with E-state index in [9.17, 15) is 9.90 Å². The summed E-state index contributed by atoms with van der Waals surface area (Å²) in [6.45, 7) is 2.51. The highest BCUT2D eigenvalue weighted by Gasteiger charge is 2.39. The number of benzene rings is 5. The summed E-state index contributed by atoms with van der Waals surface area (Å²) in [4.78, 5) is 21.7. The van der Waals surface area contributed by atoms with Gasteiger partial charge in [-0.05, 0) is 52.1 Å². The minimum absolute atomic E-state index is 0.0161. The van der Waals surface area contributed by atoms with Crippen LogP contribution in [-0.2, 0) is 22.6 Å². The van der Waals surface area contributed by atoms with Crippen LogP contribution in [-0.4, -0.2) is 32.8 Å². The molecule has 56 heavy (non-hydrogen) atoms. The van der Waals surface area contributed by atoms with Gasteiger partial charge in [0.2, 0.25) is 0 Å². The number of pyridine rings is 1. The van der Waals surface area contributed by atoms with Crippen LogP contribution >= 0.6 is 11.8 Å². The molecule has 0 spiro atoms. The van der Waals surface area contributed by atoms with E-state index in [0.717, 1.165) is 56.0 Å². The van der Waals surface area contributed by atoms with Crippen molar-refractivity contribution in [2.75, 3.05) is 5.75 Å². The maximum Gasteiger partial charge on any atom is 0.256 e. The van der Waals surface area contributed by atoms with Crippen LogP contribution in [0.3, 0.4) is 0 Å². The molecule has 1 aliphatic rings. The largest absolute Gasteiger partial charge is 0.431 e. The first-order valence-corrected chi connectivity index (χ1v) is 19.6. The van der Waals surface area contributed by atoms with E-state index in [2.05, 4.69) is 41.5 Å². The van der Waals surface area contributed by atoms with E-state index >= 15 is 0 Å². The zero-order chi connectivity index (χ0) is 38.3. The lowest BCUT2D eigenvalue weighted by Gasteiger charge is -2.41. The predicted molar refractivity (Wildman–Crippen MR) is 218 cm³/mol. The number of carbonyl (C=O) groups is 1. The first-order chi connectivity index (χ1) is 27.5. The van der Waals surface area contributed by atoms with Crippen molar-refractivity contribution in [2.24, 2.45) is 5.92 Å². The van der Waals surface area contributed by atoms with Gasteiger partial charge in [0.05, 0.1) is 24.4 Å². The molecule has 1 fully saturated rings. The van der Waals surface area contributed by atoms with Gasteiger partial charge in [0.25, 0.3) is 11.1 Å². The fourth-order valence-corrected chi connectivity index (χ4v) is 7.90. The number of aliphatic hydroxyl groups excluding tert-OH is 1. The Morgan fingerprint density at radius 3 is 2.18 bits per heavy atom. The van der Waals surface area contributed by atoms with Crippen molar-refractivity contribution in [3.8, 4) is 33.7 Å². The molecule has 0 saturated carbocycles. The Balaban J connectivity index is 1.05. The number of oxazole rings is 1. The molecule has 5 aromatic carbocycles. The molecule has 8 rings (SSSR count). The zero-order valence-corrected chi connectivity index (χ0v) is 31.6. The van der Waals surface area contributed by atoms with E-state index in [1.54, 1.807) is 24.5 Å². The third-order valence-corrected chi connectivity index (χ3v) is 10.9. The lowest BCUT2D eigenvalue weighted by atomic mass is 9.91. The number of carbonyl (C=O) groups excluding carboxylic acids is 1. The lowest BCUT2D eigenvalue weighted by Crippen LogP contribution is -2.38. The number of thioether (sulfide) groups is 1. The second kappa shape index (κ2) is 17.3. The fourth-order valence-electron chi connectivity index (χ4n) is 6.91. The zero-order valence-electron chi connectivity index (χ0n) is 30.8. The number of ether oxygens (including phenoxy) is 2. The average Bonchev–Trinajstić information content (AvgIpc) is 3.71. The molecule has 0 radical (unpaired) electrons. The number of aromatic nitrogens is 2. The molecular weight excluding hydrogens is 719 g/mol. The molecule has 3 heterocycles. The van der Waals surface area contributed by atoms with Crippen LogP contribution in [0.4, 0.5) is 0 Å². The summed E-state index contributed by atoms with van der Waals surface area (Å²) in [7, 11) is 0. The van der Waals surface area contributed by atoms with Gasteiger partial charge in [-0.2, -0.15) is 0 Å². The van der Waals surface area contributed by atoms with Crippen LogP contribution < -0.4 is 5.32 Å². The molecule has 1 amide bonds. The summed E-state index contributed by atoms with van der Waals surface area (Å²) in [5.41, 5.74) is 9.03. The summed E-state index contributed by atoms with van der Waals surface area (Å²) in [5, 5.41) is 13.3. The molecule has 9 heteroatoms. The van der Waals surface area contributed by atoms with E-state index in [0.29, 0.717) is 23.1 Å². The van der Waals surface area contributed by atoms with Gasteiger partial charge in [0, 0.05) is 47.3 Å². The molecule has 2 N–H and O–H groups in total. The quantitative estimate of drug-likeness (QED) is 0.119. The van der Waals surface area contributed by atoms with Crippen molar-refractivity contribution in [1.29, 1.82) is 0 Å². The lowest BCUT2D eigenvalue weighted by molar-refractivity contribution is -0.268. The fraction of sp³-hybridized carbons (Fsp3) is 0.170. The van der Waals surface area contributed by atoms with Crippen molar-refractivity contribution in [1.82, 2.24) is 15.3 Å².